The summed E-state index contributed by atoms with van der Waals surface area (Å²) in [6.45, 7) is 4.25. The molecule has 1 N–H and O–H groups in total. The third-order valence-electron chi connectivity index (χ3n) is 5.52. The molecular weight excluding hydrogens is 394 g/mol. The Balaban J connectivity index is 1.61. The van der Waals surface area contributed by atoms with Crippen LogP contribution in [0.15, 0.2) is 54.6 Å². The van der Waals surface area contributed by atoms with Crippen molar-refractivity contribution in [2.24, 2.45) is 0 Å². The van der Waals surface area contributed by atoms with Crippen molar-refractivity contribution in [3.05, 3.63) is 76.2 Å². The maximum absolute atomic E-state index is 12.9. The fraction of sp³-hybridized carbons (Fsp3) is 0.280. The van der Waals surface area contributed by atoms with Crippen LogP contribution in [0, 0.1) is 0 Å². The number of esters is 1. The van der Waals surface area contributed by atoms with Crippen LogP contribution in [-0.4, -0.2) is 18.5 Å². The minimum atomic E-state index is -0.349. The van der Waals surface area contributed by atoms with Crippen LogP contribution in [0.1, 0.15) is 63.8 Å². The van der Waals surface area contributed by atoms with E-state index in [-0.39, 0.29) is 11.9 Å². The van der Waals surface area contributed by atoms with Gasteiger partial charge in [-0.05, 0) is 60.9 Å². The topological polar surface area (TPSA) is 55.4 Å². The molecule has 1 unspecified atom stereocenters. The minimum Gasteiger partial charge on any atom is -0.462 e. The van der Waals surface area contributed by atoms with Crippen molar-refractivity contribution in [2.45, 2.75) is 39.0 Å². The fourth-order valence-electron chi connectivity index (χ4n) is 4.02. The lowest BCUT2D eigenvalue weighted by atomic mass is 9.86. The number of ether oxygens (including phenoxy) is 1. The number of aryl methyl sites for hydroxylation is 1. The Morgan fingerprint density at radius 2 is 1.77 bits per heavy atom. The number of thiophene rings is 1. The predicted molar refractivity (Wildman–Crippen MR) is 121 cm³/mol. The summed E-state index contributed by atoms with van der Waals surface area (Å²) in [4.78, 5) is 26.8. The molecular formula is C25H25NO3S. The SMILES string of the molecule is CCOC(=O)c1c(NC(=O)c2ccc(-c3ccccc3)cc2)sc2c1C(C)CCC2. The molecule has 0 bridgehead atoms. The Labute approximate surface area is 180 Å². The maximum Gasteiger partial charge on any atom is 0.341 e. The molecule has 1 heterocycles. The van der Waals surface area contributed by atoms with Gasteiger partial charge in [0.15, 0.2) is 0 Å². The highest BCUT2D eigenvalue weighted by Gasteiger charge is 2.30. The molecule has 3 aromatic rings. The molecule has 0 aliphatic heterocycles. The van der Waals surface area contributed by atoms with Crippen LogP contribution < -0.4 is 5.32 Å². The second-order valence-electron chi connectivity index (χ2n) is 7.55. The van der Waals surface area contributed by atoms with Crippen molar-refractivity contribution in [1.29, 1.82) is 0 Å². The third kappa shape index (κ3) is 4.03. The highest BCUT2D eigenvalue weighted by Crippen LogP contribution is 2.43. The van der Waals surface area contributed by atoms with Crippen LogP contribution in [0.5, 0.6) is 0 Å². The fourth-order valence-corrected chi connectivity index (χ4v) is 5.37. The molecule has 1 aliphatic carbocycles. The molecule has 1 aliphatic rings. The van der Waals surface area contributed by atoms with Crippen LogP contribution in [0.25, 0.3) is 11.1 Å². The van der Waals surface area contributed by atoms with E-state index in [9.17, 15) is 9.59 Å². The predicted octanol–water partition coefficient (Wildman–Crippen LogP) is 6.28. The first-order chi connectivity index (χ1) is 14.6. The molecule has 1 amide bonds. The standard InChI is InChI=1S/C25H25NO3S/c1-3-29-25(28)22-21-16(2)8-7-11-20(21)30-24(22)26-23(27)19-14-12-18(13-15-19)17-9-5-4-6-10-17/h4-6,9-10,12-16H,3,7-8,11H2,1-2H3,(H,26,27). The third-order valence-corrected chi connectivity index (χ3v) is 6.70. The highest BCUT2D eigenvalue weighted by atomic mass is 32.1. The summed E-state index contributed by atoms with van der Waals surface area (Å²) in [6, 6.07) is 17.6. The summed E-state index contributed by atoms with van der Waals surface area (Å²) in [6.07, 6.45) is 3.09. The summed E-state index contributed by atoms with van der Waals surface area (Å²) in [5.41, 5.74) is 4.32. The van der Waals surface area contributed by atoms with E-state index in [1.807, 2.05) is 54.6 Å². The van der Waals surface area contributed by atoms with E-state index in [0.717, 1.165) is 36.0 Å². The van der Waals surface area contributed by atoms with Gasteiger partial charge in [-0.2, -0.15) is 0 Å². The lowest BCUT2D eigenvalue weighted by molar-refractivity contribution is 0.0526. The van der Waals surface area contributed by atoms with Gasteiger partial charge in [0.25, 0.3) is 5.91 Å². The first-order valence-corrected chi connectivity index (χ1v) is 11.2. The molecule has 4 nitrogen and oxygen atoms in total. The van der Waals surface area contributed by atoms with Crippen molar-refractivity contribution in [1.82, 2.24) is 0 Å². The van der Waals surface area contributed by atoms with Gasteiger partial charge in [0.05, 0.1) is 12.2 Å². The molecule has 0 saturated carbocycles. The van der Waals surface area contributed by atoms with E-state index in [2.05, 4.69) is 12.2 Å². The molecule has 0 radical (unpaired) electrons. The maximum atomic E-state index is 12.9. The van der Waals surface area contributed by atoms with Crippen LogP contribution in [-0.2, 0) is 11.2 Å². The van der Waals surface area contributed by atoms with E-state index in [1.165, 1.54) is 16.2 Å². The number of hydrogen-bond donors (Lipinski definition) is 1. The molecule has 1 aromatic heterocycles. The molecule has 1 atom stereocenters. The van der Waals surface area contributed by atoms with Crippen LogP contribution in [0.3, 0.4) is 0 Å². The Morgan fingerprint density at radius 3 is 2.47 bits per heavy atom. The zero-order valence-corrected chi connectivity index (χ0v) is 18.1. The van der Waals surface area contributed by atoms with Gasteiger partial charge in [-0.15, -0.1) is 11.3 Å². The van der Waals surface area contributed by atoms with E-state index in [4.69, 9.17) is 4.74 Å². The number of hydrogen-bond acceptors (Lipinski definition) is 4. The Bertz CT molecular complexity index is 1050. The van der Waals surface area contributed by atoms with Crippen LogP contribution >= 0.6 is 11.3 Å². The number of amides is 1. The van der Waals surface area contributed by atoms with Crippen molar-refractivity contribution >= 4 is 28.2 Å². The zero-order chi connectivity index (χ0) is 21.1. The van der Waals surface area contributed by atoms with E-state index < -0.39 is 0 Å². The normalized spacial score (nSPS) is 15.3. The molecule has 154 valence electrons. The van der Waals surface area contributed by atoms with Crippen molar-refractivity contribution in [3.63, 3.8) is 0 Å². The smallest absolute Gasteiger partial charge is 0.341 e. The van der Waals surface area contributed by atoms with Crippen molar-refractivity contribution < 1.29 is 14.3 Å². The number of nitrogens with one attached hydrogen (secondary N) is 1. The number of carbonyl (C=O) groups excluding carboxylic acids is 2. The lowest BCUT2D eigenvalue weighted by Gasteiger charge is -2.19. The highest BCUT2D eigenvalue weighted by molar-refractivity contribution is 7.17. The Morgan fingerprint density at radius 1 is 1.07 bits per heavy atom. The Hall–Kier alpha value is -2.92. The first kappa shape index (κ1) is 20.4. The second-order valence-corrected chi connectivity index (χ2v) is 8.66. The quantitative estimate of drug-likeness (QED) is 0.495. The van der Waals surface area contributed by atoms with Gasteiger partial charge in [-0.3, -0.25) is 4.79 Å². The minimum absolute atomic E-state index is 0.216. The number of carbonyl (C=O) groups is 2. The van der Waals surface area contributed by atoms with Gasteiger partial charge in [-0.1, -0.05) is 49.4 Å². The van der Waals surface area contributed by atoms with Gasteiger partial charge in [0, 0.05) is 10.4 Å². The average Bonchev–Trinajstić information content (AvgIpc) is 3.14. The number of rotatable bonds is 5. The summed E-state index contributed by atoms with van der Waals surface area (Å²) >= 11 is 1.51. The zero-order valence-electron chi connectivity index (χ0n) is 17.2. The summed E-state index contributed by atoms with van der Waals surface area (Å²) in [5, 5.41) is 3.58. The van der Waals surface area contributed by atoms with E-state index in [0.29, 0.717) is 28.7 Å². The van der Waals surface area contributed by atoms with Crippen molar-refractivity contribution in [3.8, 4) is 11.1 Å². The molecule has 0 saturated heterocycles. The number of fused-ring (bicyclic) bond motifs is 1. The van der Waals surface area contributed by atoms with Crippen molar-refractivity contribution in [2.75, 3.05) is 11.9 Å². The van der Waals surface area contributed by atoms with Gasteiger partial charge in [0.1, 0.15) is 5.00 Å². The molecule has 4 rings (SSSR count). The molecule has 5 heteroatoms. The van der Waals surface area contributed by atoms with Crippen LogP contribution in [0.2, 0.25) is 0 Å². The van der Waals surface area contributed by atoms with E-state index in [1.54, 1.807) is 6.92 Å². The van der Waals surface area contributed by atoms with Gasteiger partial charge in [-0.25, -0.2) is 4.79 Å². The second kappa shape index (κ2) is 8.84. The van der Waals surface area contributed by atoms with Crippen LogP contribution in [0.4, 0.5) is 5.00 Å². The number of benzene rings is 2. The summed E-state index contributed by atoms with van der Waals surface area (Å²) in [5.74, 6) is -0.273. The van der Waals surface area contributed by atoms with Gasteiger partial charge < -0.3 is 10.1 Å². The molecule has 0 fully saturated rings. The lowest BCUT2D eigenvalue weighted by Crippen LogP contribution is -2.16. The average molecular weight is 420 g/mol. The Kier molecular flexibility index (Phi) is 6.00. The summed E-state index contributed by atoms with van der Waals surface area (Å²) < 4.78 is 5.31. The van der Waals surface area contributed by atoms with E-state index >= 15 is 0 Å². The summed E-state index contributed by atoms with van der Waals surface area (Å²) in [7, 11) is 0. The molecule has 2 aromatic carbocycles. The molecule has 30 heavy (non-hydrogen) atoms. The molecule has 0 spiro atoms. The first-order valence-electron chi connectivity index (χ1n) is 10.4. The monoisotopic (exact) mass is 419 g/mol. The largest absolute Gasteiger partial charge is 0.462 e. The number of anilines is 1. The van der Waals surface area contributed by atoms with Gasteiger partial charge in [0.2, 0.25) is 0 Å². The van der Waals surface area contributed by atoms with Gasteiger partial charge >= 0.3 is 5.97 Å².